The van der Waals surface area contributed by atoms with Gasteiger partial charge in [-0.1, -0.05) is 28.1 Å². The van der Waals surface area contributed by atoms with Crippen molar-refractivity contribution in [3.8, 4) is 0 Å². The van der Waals surface area contributed by atoms with Crippen molar-refractivity contribution < 1.29 is 31.5 Å². The summed E-state index contributed by atoms with van der Waals surface area (Å²) in [5.41, 5.74) is 0.942. The fraction of sp³-hybridized carbons (Fsp3) is 0.444. The number of carboxylic acid groups (broad SMARTS) is 1. The van der Waals surface area contributed by atoms with Crippen LogP contribution in [-0.4, -0.2) is 62.3 Å². The van der Waals surface area contributed by atoms with Crippen molar-refractivity contribution in [2.45, 2.75) is 43.7 Å². The van der Waals surface area contributed by atoms with E-state index in [1.165, 1.54) is 0 Å². The monoisotopic (exact) mass is 659 g/mol. The van der Waals surface area contributed by atoms with E-state index in [4.69, 9.17) is 19.9 Å². The number of benzene rings is 2. The SMILES string of the molecule is CCN(C)c1nc(NCC2CCC(CNS(=O)(=O)c3ccc(Br)cc3)CC2)nc2ccccc12.O=C(O)C(F)(F)F. The van der Waals surface area contributed by atoms with Crippen LogP contribution in [0.3, 0.4) is 0 Å². The molecule has 1 saturated carbocycles. The Morgan fingerprint density at radius 1 is 1.02 bits per heavy atom. The van der Waals surface area contributed by atoms with E-state index in [1.807, 2.05) is 25.2 Å². The zero-order valence-corrected chi connectivity index (χ0v) is 25.1. The first-order chi connectivity index (χ1) is 19.3. The molecule has 9 nitrogen and oxygen atoms in total. The number of aromatic nitrogens is 2. The van der Waals surface area contributed by atoms with Gasteiger partial charge >= 0.3 is 12.1 Å². The second kappa shape index (κ2) is 14.3. The number of carboxylic acids is 1. The molecule has 14 heteroatoms. The zero-order chi connectivity index (χ0) is 30.2. The first-order valence-electron chi connectivity index (χ1n) is 13.1. The summed E-state index contributed by atoms with van der Waals surface area (Å²) in [6, 6.07) is 14.8. The molecule has 0 bridgehead atoms. The molecular formula is C27H33BrF3N5O4S. The largest absolute Gasteiger partial charge is 0.490 e. The molecule has 3 aromatic rings. The third kappa shape index (κ3) is 9.54. The molecule has 41 heavy (non-hydrogen) atoms. The summed E-state index contributed by atoms with van der Waals surface area (Å²) in [6.07, 6.45) is -0.935. The van der Waals surface area contributed by atoms with Crippen LogP contribution in [0.25, 0.3) is 10.9 Å². The summed E-state index contributed by atoms with van der Waals surface area (Å²) in [5, 5.41) is 11.6. The minimum absolute atomic E-state index is 0.303. The molecule has 0 spiro atoms. The molecule has 0 unspecified atom stereocenters. The predicted molar refractivity (Wildman–Crippen MR) is 155 cm³/mol. The van der Waals surface area contributed by atoms with E-state index >= 15 is 0 Å². The molecule has 0 radical (unpaired) electrons. The highest BCUT2D eigenvalue weighted by Gasteiger charge is 2.38. The van der Waals surface area contributed by atoms with Crippen LogP contribution in [0.1, 0.15) is 32.6 Å². The van der Waals surface area contributed by atoms with E-state index in [0.717, 1.165) is 60.0 Å². The van der Waals surface area contributed by atoms with Crippen molar-refractivity contribution >= 4 is 54.6 Å². The molecule has 0 atom stereocenters. The smallest absolute Gasteiger partial charge is 0.475 e. The van der Waals surface area contributed by atoms with Gasteiger partial charge < -0.3 is 15.3 Å². The number of aliphatic carboxylic acids is 1. The lowest BCUT2D eigenvalue weighted by Gasteiger charge is -2.29. The number of anilines is 2. The van der Waals surface area contributed by atoms with Crippen LogP contribution in [0.15, 0.2) is 57.9 Å². The highest BCUT2D eigenvalue weighted by atomic mass is 79.9. The molecule has 0 aliphatic heterocycles. The van der Waals surface area contributed by atoms with Gasteiger partial charge in [0.15, 0.2) is 0 Å². The number of nitrogens with one attached hydrogen (secondary N) is 2. The second-order valence-corrected chi connectivity index (χ2v) is 12.5. The third-order valence-electron chi connectivity index (χ3n) is 6.86. The number of sulfonamides is 1. The number of alkyl halides is 3. The van der Waals surface area contributed by atoms with Crippen LogP contribution in [0, 0.1) is 11.8 Å². The van der Waals surface area contributed by atoms with Gasteiger partial charge in [0.05, 0.1) is 10.4 Å². The van der Waals surface area contributed by atoms with E-state index < -0.39 is 22.2 Å². The molecule has 4 rings (SSSR count). The van der Waals surface area contributed by atoms with Crippen molar-refractivity contribution in [2.24, 2.45) is 11.8 Å². The molecule has 1 heterocycles. The first-order valence-corrected chi connectivity index (χ1v) is 15.3. The first kappa shape index (κ1) is 32.5. The fourth-order valence-corrected chi connectivity index (χ4v) is 5.76. The molecule has 2 aromatic carbocycles. The average Bonchev–Trinajstić information content (AvgIpc) is 2.94. The Bertz CT molecular complexity index is 1420. The van der Waals surface area contributed by atoms with Gasteiger partial charge in [-0.05, 0) is 80.8 Å². The van der Waals surface area contributed by atoms with Crippen molar-refractivity contribution in [1.82, 2.24) is 14.7 Å². The van der Waals surface area contributed by atoms with Gasteiger partial charge in [-0.15, -0.1) is 0 Å². The molecular weight excluding hydrogens is 627 g/mol. The Hall–Kier alpha value is -2.97. The highest BCUT2D eigenvalue weighted by Crippen LogP contribution is 2.30. The number of nitrogens with zero attached hydrogens (tertiary/aromatic N) is 3. The van der Waals surface area contributed by atoms with E-state index in [0.29, 0.717) is 29.2 Å². The number of hydrogen-bond acceptors (Lipinski definition) is 7. The van der Waals surface area contributed by atoms with E-state index in [1.54, 1.807) is 24.3 Å². The Balaban J connectivity index is 0.000000587. The summed E-state index contributed by atoms with van der Waals surface area (Å²) in [6.45, 7) is 4.29. The summed E-state index contributed by atoms with van der Waals surface area (Å²) in [4.78, 5) is 20.8. The minimum atomic E-state index is -5.08. The Morgan fingerprint density at radius 2 is 1.59 bits per heavy atom. The maximum Gasteiger partial charge on any atom is 0.490 e. The van der Waals surface area contributed by atoms with Gasteiger partial charge in [-0.3, -0.25) is 0 Å². The van der Waals surface area contributed by atoms with Crippen molar-refractivity contribution in [1.29, 1.82) is 0 Å². The van der Waals surface area contributed by atoms with Crippen molar-refractivity contribution in [3.63, 3.8) is 0 Å². The van der Waals surface area contributed by atoms with Gasteiger partial charge in [-0.2, -0.15) is 18.2 Å². The highest BCUT2D eigenvalue weighted by molar-refractivity contribution is 9.10. The van der Waals surface area contributed by atoms with Gasteiger partial charge in [-0.25, -0.2) is 22.9 Å². The van der Waals surface area contributed by atoms with Crippen LogP contribution in [0.5, 0.6) is 0 Å². The number of hydrogen-bond donors (Lipinski definition) is 3. The molecule has 1 fully saturated rings. The maximum atomic E-state index is 12.5. The number of fused-ring (bicyclic) bond motifs is 1. The quantitative estimate of drug-likeness (QED) is 0.268. The van der Waals surface area contributed by atoms with Gasteiger partial charge in [0.25, 0.3) is 0 Å². The summed E-state index contributed by atoms with van der Waals surface area (Å²) >= 11 is 3.34. The lowest BCUT2D eigenvalue weighted by Crippen LogP contribution is -2.32. The number of rotatable bonds is 9. The lowest BCUT2D eigenvalue weighted by molar-refractivity contribution is -0.192. The molecule has 0 saturated heterocycles. The Morgan fingerprint density at radius 3 is 2.15 bits per heavy atom. The summed E-state index contributed by atoms with van der Waals surface area (Å²) < 4.78 is 60.5. The predicted octanol–water partition coefficient (Wildman–Crippen LogP) is 5.68. The van der Waals surface area contributed by atoms with Gasteiger partial charge in [0.2, 0.25) is 16.0 Å². The lowest BCUT2D eigenvalue weighted by atomic mass is 9.82. The topological polar surface area (TPSA) is 125 Å². The van der Waals surface area contributed by atoms with E-state index in [-0.39, 0.29) is 0 Å². The summed E-state index contributed by atoms with van der Waals surface area (Å²) in [5.74, 6) is -0.256. The number of halogens is 4. The average molecular weight is 661 g/mol. The Kier molecular flexibility index (Phi) is 11.3. The van der Waals surface area contributed by atoms with Crippen LogP contribution in [-0.2, 0) is 14.8 Å². The van der Waals surface area contributed by atoms with Crippen LogP contribution < -0.4 is 14.9 Å². The molecule has 1 aliphatic rings. The minimum Gasteiger partial charge on any atom is -0.475 e. The van der Waals surface area contributed by atoms with E-state index in [2.05, 4.69) is 43.9 Å². The van der Waals surface area contributed by atoms with Gasteiger partial charge in [0.1, 0.15) is 5.82 Å². The van der Waals surface area contributed by atoms with Crippen molar-refractivity contribution in [3.05, 3.63) is 53.0 Å². The van der Waals surface area contributed by atoms with Gasteiger partial charge in [0, 0.05) is 36.5 Å². The molecule has 1 aliphatic carbocycles. The maximum absolute atomic E-state index is 12.5. The standard InChI is InChI=1S/C25H32BrN5O2S.C2HF3O2/c1-3-31(2)24-22-6-4-5-7-23(22)29-25(30-24)27-16-18-8-10-19(11-9-18)17-28-34(32,33)21-14-12-20(26)13-15-21;3-2(4,5)1(6)7/h4-7,12-15,18-19,28H,3,8-11,16-17H2,1-2H3,(H,27,29,30);(H,6,7). The van der Waals surface area contributed by atoms with Crippen LogP contribution in [0.2, 0.25) is 0 Å². The van der Waals surface area contributed by atoms with E-state index in [9.17, 15) is 21.6 Å². The number of para-hydroxylation sites is 1. The third-order valence-corrected chi connectivity index (χ3v) is 8.83. The molecule has 1 aromatic heterocycles. The van der Waals surface area contributed by atoms with Crippen LogP contribution in [0.4, 0.5) is 24.9 Å². The van der Waals surface area contributed by atoms with Crippen molar-refractivity contribution in [2.75, 3.05) is 36.9 Å². The molecule has 3 N–H and O–H groups in total. The number of carbonyl (C=O) groups is 1. The molecule has 0 amide bonds. The Labute approximate surface area is 245 Å². The summed E-state index contributed by atoms with van der Waals surface area (Å²) in [7, 11) is -1.42. The fourth-order valence-electron chi connectivity index (χ4n) is 4.38. The zero-order valence-electron chi connectivity index (χ0n) is 22.7. The second-order valence-electron chi connectivity index (χ2n) is 9.78. The molecule has 224 valence electrons. The van der Waals surface area contributed by atoms with Crippen LogP contribution >= 0.6 is 15.9 Å². The normalized spacial score (nSPS) is 17.4.